The first-order valence-corrected chi connectivity index (χ1v) is 11.0. The van der Waals surface area contributed by atoms with E-state index in [2.05, 4.69) is 12.1 Å². The molecular weight excluding hydrogens is 406 g/mol. The van der Waals surface area contributed by atoms with Crippen LogP contribution in [0.3, 0.4) is 0 Å². The SMILES string of the molecule is N#Cc1cc(Cl)cc(-c2ccc3c(c2)[C@]2(CSC(N)=N2)[C@H]2C[C@@H](O)CC[C@@H]2O3)c1. The van der Waals surface area contributed by atoms with Gasteiger partial charge in [0.1, 0.15) is 17.4 Å². The molecule has 4 atom stereocenters. The third kappa shape index (κ3) is 3.09. The van der Waals surface area contributed by atoms with Crippen molar-refractivity contribution in [1.29, 1.82) is 5.26 Å². The highest BCUT2D eigenvalue weighted by atomic mass is 35.5. The molecule has 1 spiro atoms. The van der Waals surface area contributed by atoms with E-state index in [0.29, 0.717) is 22.2 Å². The van der Waals surface area contributed by atoms with Gasteiger partial charge in [-0.1, -0.05) is 29.4 Å². The summed E-state index contributed by atoms with van der Waals surface area (Å²) in [4.78, 5) is 4.91. The minimum Gasteiger partial charge on any atom is -0.490 e. The number of ether oxygens (including phenoxy) is 1. The third-order valence-electron chi connectivity index (χ3n) is 6.21. The molecule has 0 aromatic heterocycles. The van der Waals surface area contributed by atoms with Crippen molar-refractivity contribution in [2.45, 2.75) is 37.0 Å². The molecule has 7 heteroatoms. The number of aliphatic imine (C=N–C) groups is 1. The lowest BCUT2D eigenvalue weighted by atomic mass is 9.68. The number of thioether (sulfide) groups is 1. The zero-order valence-corrected chi connectivity index (χ0v) is 17.2. The number of aliphatic hydroxyl groups excluding tert-OH is 1. The second kappa shape index (κ2) is 6.94. The number of benzene rings is 2. The van der Waals surface area contributed by atoms with Crippen molar-refractivity contribution in [2.75, 3.05) is 5.75 Å². The Morgan fingerprint density at radius 2 is 2.10 bits per heavy atom. The number of fused-ring (bicyclic) bond motifs is 4. The first-order valence-electron chi connectivity index (χ1n) is 9.67. The zero-order chi connectivity index (χ0) is 20.2. The van der Waals surface area contributed by atoms with Crippen LogP contribution in [0.1, 0.15) is 30.4 Å². The van der Waals surface area contributed by atoms with Gasteiger partial charge in [-0.15, -0.1) is 0 Å². The second-order valence-corrected chi connectivity index (χ2v) is 9.38. The van der Waals surface area contributed by atoms with Crippen LogP contribution in [0.5, 0.6) is 5.75 Å². The van der Waals surface area contributed by atoms with Crippen molar-refractivity contribution in [1.82, 2.24) is 0 Å². The van der Waals surface area contributed by atoms with Crippen molar-refractivity contribution in [3.05, 3.63) is 52.5 Å². The molecule has 0 unspecified atom stereocenters. The maximum atomic E-state index is 10.3. The largest absolute Gasteiger partial charge is 0.490 e. The van der Waals surface area contributed by atoms with E-state index in [-0.39, 0.29) is 18.1 Å². The molecule has 0 bridgehead atoms. The Labute approximate surface area is 178 Å². The number of hydrogen-bond acceptors (Lipinski definition) is 6. The Morgan fingerprint density at radius 1 is 1.24 bits per heavy atom. The maximum absolute atomic E-state index is 10.3. The fraction of sp³-hybridized carbons (Fsp3) is 0.364. The van der Waals surface area contributed by atoms with Crippen LogP contribution in [0.2, 0.25) is 5.02 Å². The Morgan fingerprint density at radius 3 is 2.86 bits per heavy atom. The lowest BCUT2D eigenvalue weighted by Crippen LogP contribution is -2.51. The molecule has 1 saturated carbocycles. The quantitative estimate of drug-likeness (QED) is 0.718. The highest BCUT2D eigenvalue weighted by molar-refractivity contribution is 8.14. The van der Waals surface area contributed by atoms with Gasteiger partial charge in [0.25, 0.3) is 0 Å². The number of nitriles is 1. The normalized spacial score (nSPS) is 30.1. The smallest absolute Gasteiger partial charge is 0.154 e. The van der Waals surface area contributed by atoms with Crippen molar-refractivity contribution in [3.63, 3.8) is 0 Å². The average Bonchev–Trinajstić information content (AvgIpc) is 3.10. The number of nitrogens with zero attached hydrogens (tertiary/aromatic N) is 2. The summed E-state index contributed by atoms with van der Waals surface area (Å²) < 4.78 is 6.36. The first kappa shape index (κ1) is 18.8. The summed E-state index contributed by atoms with van der Waals surface area (Å²) in [6, 6.07) is 13.6. The van der Waals surface area contributed by atoms with Gasteiger partial charge < -0.3 is 15.6 Å². The van der Waals surface area contributed by atoms with Gasteiger partial charge in [-0.25, -0.2) is 4.99 Å². The zero-order valence-electron chi connectivity index (χ0n) is 15.6. The van der Waals surface area contributed by atoms with Crippen molar-refractivity contribution < 1.29 is 9.84 Å². The van der Waals surface area contributed by atoms with E-state index >= 15 is 0 Å². The molecular formula is C22H20ClN3O2S. The van der Waals surface area contributed by atoms with E-state index in [9.17, 15) is 10.4 Å². The predicted molar refractivity (Wildman–Crippen MR) is 115 cm³/mol. The fourth-order valence-electron chi connectivity index (χ4n) is 4.87. The van der Waals surface area contributed by atoms with E-state index in [1.807, 2.05) is 24.3 Å². The summed E-state index contributed by atoms with van der Waals surface area (Å²) in [5.74, 6) is 1.65. The summed E-state index contributed by atoms with van der Waals surface area (Å²) in [7, 11) is 0. The van der Waals surface area contributed by atoms with E-state index in [0.717, 1.165) is 41.0 Å². The minimum atomic E-state index is -0.499. The summed E-state index contributed by atoms with van der Waals surface area (Å²) >= 11 is 7.78. The number of aliphatic hydroxyl groups is 1. The van der Waals surface area contributed by atoms with Crippen molar-refractivity contribution in [3.8, 4) is 22.9 Å². The number of halogens is 1. The fourth-order valence-corrected chi connectivity index (χ4v) is 6.14. The van der Waals surface area contributed by atoms with Crippen LogP contribution in [0.4, 0.5) is 0 Å². The molecule has 2 aromatic rings. The molecule has 29 heavy (non-hydrogen) atoms. The van der Waals surface area contributed by atoms with Crippen LogP contribution in [0.25, 0.3) is 11.1 Å². The van der Waals surface area contributed by atoms with Crippen LogP contribution >= 0.6 is 23.4 Å². The van der Waals surface area contributed by atoms with Crippen LogP contribution in [0.15, 0.2) is 41.4 Å². The average molecular weight is 426 g/mol. The third-order valence-corrected chi connectivity index (χ3v) is 7.40. The van der Waals surface area contributed by atoms with Crippen LogP contribution in [-0.2, 0) is 5.54 Å². The lowest BCUT2D eigenvalue weighted by molar-refractivity contribution is -0.0236. The molecule has 1 aliphatic carbocycles. The van der Waals surface area contributed by atoms with Gasteiger partial charge in [0.15, 0.2) is 5.17 Å². The summed E-state index contributed by atoms with van der Waals surface area (Å²) in [5, 5.41) is 20.7. The monoisotopic (exact) mass is 425 g/mol. The standard InChI is InChI=1S/C22H20ClN3O2S/c23-15-6-12(10-24)5-14(7-15)13-1-3-19-17(8-13)22(11-29-21(25)26-22)18-9-16(27)2-4-20(18)28-19/h1,3,5-8,16,18,20,27H,2,4,9,11H2,(H2,25,26)/t16-,18-,20-,22+/m0/s1. The van der Waals surface area contributed by atoms with Gasteiger partial charge in [-0.3, -0.25) is 0 Å². The number of nitrogens with two attached hydrogens (primary N) is 1. The molecule has 3 aliphatic rings. The van der Waals surface area contributed by atoms with Crippen LogP contribution in [-0.4, -0.2) is 28.2 Å². The van der Waals surface area contributed by atoms with Crippen LogP contribution in [0, 0.1) is 17.2 Å². The Balaban J connectivity index is 1.66. The van der Waals surface area contributed by atoms with E-state index < -0.39 is 5.54 Å². The molecule has 0 radical (unpaired) electrons. The van der Waals surface area contributed by atoms with E-state index in [4.69, 9.17) is 27.1 Å². The summed E-state index contributed by atoms with van der Waals surface area (Å²) in [6.45, 7) is 0. The van der Waals surface area contributed by atoms with Gasteiger partial charge in [0.05, 0.1) is 17.7 Å². The van der Waals surface area contributed by atoms with Gasteiger partial charge in [0, 0.05) is 22.3 Å². The predicted octanol–water partition coefficient (Wildman–Crippen LogP) is 4.06. The Kier molecular flexibility index (Phi) is 4.50. The molecule has 5 rings (SSSR count). The van der Waals surface area contributed by atoms with E-state index in [1.54, 1.807) is 17.8 Å². The molecule has 1 fully saturated rings. The van der Waals surface area contributed by atoms with Crippen LogP contribution < -0.4 is 10.5 Å². The van der Waals surface area contributed by atoms with Gasteiger partial charge in [-0.05, 0) is 60.7 Å². The molecule has 0 amide bonds. The highest BCUT2D eigenvalue weighted by Crippen LogP contribution is 2.54. The minimum absolute atomic E-state index is 0.0309. The van der Waals surface area contributed by atoms with Crippen molar-refractivity contribution in [2.24, 2.45) is 16.6 Å². The molecule has 2 aromatic carbocycles. The summed E-state index contributed by atoms with van der Waals surface area (Å²) in [5.41, 5.74) is 8.96. The van der Waals surface area contributed by atoms with Gasteiger partial charge in [0.2, 0.25) is 0 Å². The van der Waals surface area contributed by atoms with Gasteiger partial charge in [-0.2, -0.15) is 5.26 Å². The summed E-state index contributed by atoms with van der Waals surface area (Å²) in [6.07, 6.45) is 1.91. The molecule has 3 N–H and O–H groups in total. The molecule has 2 heterocycles. The Bertz CT molecular complexity index is 1070. The Hall–Kier alpha value is -2.20. The molecule has 5 nitrogen and oxygen atoms in total. The topological polar surface area (TPSA) is 91.6 Å². The van der Waals surface area contributed by atoms with Gasteiger partial charge >= 0.3 is 0 Å². The molecule has 148 valence electrons. The number of rotatable bonds is 1. The molecule has 0 saturated heterocycles. The highest BCUT2D eigenvalue weighted by Gasteiger charge is 2.54. The maximum Gasteiger partial charge on any atom is 0.154 e. The number of amidine groups is 1. The number of hydrogen-bond donors (Lipinski definition) is 2. The van der Waals surface area contributed by atoms with E-state index in [1.165, 1.54) is 0 Å². The lowest BCUT2D eigenvalue weighted by Gasteiger charge is -2.48. The van der Waals surface area contributed by atoms with Crippen molar-refractivity contribution >= 4 is 28.5 Å². The molecule has 2 aliphatic heterocycles. The second-order valence-electron chi connectivity index (χ2n) is 7.94. The first-order chi connectivity index (χ1) is 14.0.